The summed E-state index contributed by atoms with van der Waals surface area (Å²) in [4.78, 5) is 0. The van der Waals surface area contributed by atoms with Gasteiger partial charge in [-0.1, -0.05) is 6.07 Å². The third-order valence-corrected chi connectivity index (χ3v) is 3.77. The molecule has 0 radical (unpaired) electrons. The van der Waals surface area contributed by atoms with E-state index < -0.39 is 0 Å². The van der Waals surface area contributed by atoms with Crippen molar-refractivity contribution in [1.82, 2.24) is 5.32 Å². The van der Waals surface area contributed by atoms with Crippen LogP contribution in [0.3, 0.4) is 0 Å². The average Bonchev–Trinajstić information content (AvgIpc) is 2.26. The van der Waals surface area contributed by atoms with E-state index in [1.165, 1.54) is 5.56 Å². The monoisotopic (exact) mass is 269 g/mol. The molecule has 3 heteroatoms. The summed E-state index contributed by atoms with van der Waals surface area (Å²) in [6.07, 6.45) is 2.23. The summed E-state index contributed by atoms with van der Waals surface area (Å²) in [5.41, 5.74) is 2.33. The molecule has 0 atom stereocenters. The fourth-order valence-electron chi connectivity index (χ4n) is 2.31. The third-order valence-electron chi connectivity index (χ3n) is 3.13. The zero-order valence-electron chi connectivity index (χ0n) is 8.89. The number of aromatic hydroxyl groups is 1. The predicted molar refractivity (Wildman–Crippen MR) is 65.4 cm³/mol. The van der Waals surface area contributed by atoms with Crippen molar-refractivity contribution in [3.05, 3.63) is 27.7 Å². The molecular formula is C12H16BrNO. The molecule has 1 aliphatic rings. The largest absolute Gasteiger partial charge is 0.506 e. The Morgan fingerprint density at radius 2 is 2.00 bits per heavy atom. The van der Waals surface area contributed by atoms with Gasteiger partial charge in [0.05, 0.1) is 4.47 Å². The fraction of sp³-hybridized carbons (Fsp3) is 0.500. The quantitative estimate of drug-likeness (QED) is 0.822. The number of hydrogen-bond donors (Lipinski definition) is 2. The fourth-order valence-corrected chi connectivity index (χ4v) is 2.65. The second-order valence-corrected chi connectivity index (χ2v) is 5.01. The minimum atomic E-state index is 0.432. The van der Waals surface area contributed by atoms with E-state index in [0.717, 1.165) is 36.0 Å². The Bertz CT molecular complexity index is 359. The van der Waals surface area contributed by atoms with Crippen molar-refractivity contribution in [3.8, 4) is 5.75 Å². The lowest BCUT2D eigenvalue weighted by atomic mass is 9.87. The molecule has 0 amide bonds. The molecule has 1 aromatic carbocycles. The van der Waals surface area contributed by atoms with Crippen molar-refractivity contribution < 1.29 is 5.11 Å². The van der Waals surface area contributed by atoms with Gasteiger partial charge in [0.15, 0.2) is 0 Å². The second-order valence-electron chi connectivity index (χ2n) is 4.15. The molecule has 0 aliphatic carbocycles. The summed E-state index contributed by atoms with van der Waals surface area (Å²) in [7, 11) is 0. The number of benzene rings is 1. The van der Waals surface area contributed by atoms with Crippen molar-refractivity contribution in [2.45, 2.75) is 25.7 Å². The Labute approximate surface area is 98.8 Å². The lowest BCUT2D eigenvalue weighted by molar-refractivity contribution is 0.421. The van der Waals surface area contributed by atoms with Gasteiger partial charge in [0.1, 0.15) is 5.75 Å². The number of phenolic OH excluding ortho intramolecular Hbond substituents is 1. The van der Waals surface area contributed by atoms with Gasteiger partial charge < -0.3 is 10.4 Å². The van der Waals surface area contributed by atoms with E-state index in [2.05, 4.69) is 34.2 Å². The number of rotatable bonds is 1. The Balaban J connectivity index is 2.36. The zero-order chi connectivity index (χ0) is 10.8. The van der Waals surface area contributed by atoms with Gasteiger partial charge in [0, 0.05) is 5.56 Å². The summed E-state index contributed by atoms with van der Waals surface area (Å²) < 4.78 is 0.807. The normalized spacial score (nSPS) is 18.0. The van der Waals surface area contributed by atoms with Crippen LogP contribution in [0.2, 0.25) is 0 Å². The van der Waals surface area contributed by atoms with Gasteiger partial charge in [-0.15, -0.1) is 0 Å². The summed E-state index contributed by atoms with van der Waals surface area (Å²) in [6.45, 7) is 4.18. The van der Waals surface area contributed by atoms with Crippen LogP contribution in [0.4, 0.5) is 0 Å². The van der Waals surface area contributed by atoms with Crippen molar-refractivity contribution in [2.75, 3.05) is 13.1 Å². The van der Waals surface area contributed by atoms with Crippen LogP contribution >= 0.6 is 15.9 Å². The standard InChI is InChI=1S/C12H16BrNO/c1-8-2-3-10(13)12(15)11(8)9-4-6-14-7-5-9/h2-3,9,14-15H,4-7H2,1H3. The highest BCUT2D eigenvalue weighted by Gasteiger charge is 2.21. The number of piperidine rings is 1. The van der Waals surface area contributed by atoms with E-state index in [1.807, 2.05) is 6.07 Å². The van der Waals surface area contributed by atoms with Crippen LogP contribution in [0, 0.1) is 6.92 Å². The van der Waals surface area contributed by atoms with E-state index in [0.29, 0.717) is 11.7 Å². The molecule has 0 unspecified atom stereocenters. The minimum Gasteiger partial charge on any atom is -0.506 e. The molecule has 2 N–H and O–H groups in total. The minimum absolute atomic E-state index is 0.432. The first kappa shape index (κ1) is 11.0. The Hall–Kier alpha value is -0.540. The topological polar surface area (TPSA) is 32.3 Å². The molecule has 1 aromatic rings. The number of nitrogens with one attached hydrogen (secondary N) is 1. The molecule has 1 heterocycles. The maximum atomic E-state index is 10.1. The second kappa shape index (κ2) is 4.54. The van der Waals surface area contributed by atoms with Crippen LogP contribution in [-0.2, 0) is 0 Å². The first-order valence-corrected chi connectivity index (χ1v) is 6.18. The summed E-state index contributed by atoms with van der Waals surface area (Å²) in [6, 6.07) is 3.98. The third kappa shape index (κ3) is 2.18. The summed E-state index contributed by atoms with van der Waals surface area (Å²) in [5, 5.41) is 13.4. The molecule has 0 spiro atoms. The van der Waals surface area contributed by atoms with Crippen molar-refractivity contribution in [3.63, 3.8) is 0 Å². The zero-order valence-corrected chi connectivity index (χ0v) is 10.5. The first-order chi connectivity index (χ1) is 7.20. The van der Waals surface area contributed by atoms with Crippen LogP contribution in [-0.4, -0.2) is 18.2 Å². The Morgan fingerprint density at radius 1 is 1.33 bits per heavy atom. The van der Waals surface area contributed by atoms with E-state index >= 15 is 0 Å². The maximum Gasteiger partial charge on any atom is 0.133 e. The molecule has 2 nitrogen and oxygen atoms in total. The molecule has 0 saturated carbocycles. The molecule has 15 heavy (non-hydrogen) atoms. The summed E-state index contributed by atoms with van der Waals surface area (Å²) >= 11 is 3.38. The molecule has 0 bridgehead atoms. The molecule has 2 rings (SSSR count). The van der Waals surface area contributed by atoms with E-state index in [4.69, 9.17) is 0 Å². The molecule has 1 fully saturated rings. The van der Waals surface area contributed by atoms with Crippen molar-refractivity contribution in [1.29, 1.82) is 0 Å². The van der Waals surface area contributed by atoms with Crippen molar-refractivity contribution >= 4 is 15.9 Å². The van der Waals surface area contributed by atoms with Gasteiger partial charge >= 0.3 is 0 Å². The molecule has 0 aromatic heterocycles. The lowest BCUT2D eigenvalue weighted by Gasteiger charge is -2.25. The lowest BCUT2D eigenvalue weighted by Crippen LogP contribution is -2.27. The molecule has 1 saturated heterocycles. The van der Waals surface area contributed by atoms with Gasteiger partial charge in [-0.3, -0.25) is 0 Å². The van der Waals surface area contributed by atoms with Gasteiger partial charge in [-0.2, -0.15) is 0 Å². The number of phenols is 1. The predicted octanol–water partition coefficient (Wildman–Crippen LogP) is 2.93. The van der Waals surface area contributed by atoms with Gasteiger partial charge in [-0.25, -0.2) is 0 Å². The molecule has 1 aliphatic heterocycles. The van der Waals surface area contributed by atoms with E-state index in [-0.39, 0.29) is 0 Å². The van der Waals surface area contributed by atoms with Gasteiger partial charge in [0.25, 0.3) is 0 Å². The Kier molecular flexibility index (Phi) is 3.32. The van der Waals surface area contributed by atoms with E-state index in [1.54, 1.807) is 0 Å². The number of aryl methyl sites for hydroxylation is 1. The van der Waals surface area contributed by atoms with Crippen molar-refractivity contribution in [2.24, 2.45) is 0 Å². The SMILES string of the molecule is Cc1ccc(Br)c(O)c1C1CCNCC1. The van der Waals surface area contributed by atoms with Crippen LogP contribution in [0.5, 0.6) is 5.75 Å². The van der Waals surface area contributed by atoms with Gasteiger partial charge in [0.2, 0.25) is 0 Å². The molecular weight excluding hydrogens is 254 g/mol. The van der Waals surface area contributed by atoms with Gasteiger partial charge in [-0.05, 0) is 66.3 Å². The maximum absolute atomic E-state index is 10.1. The Morgan fingerprint density at radius 3 is 2.67 bits per heavy atom. The van der Waals surface area contributed by atoms with E-state index in [9.17, 15) is 5.11 Å². The van der Waals surface area contributed by atoms with Crippen LogP contribution in [0.25, 0.3) is 0 Å². The average molecular weight is 270 g/mol. The highest BCUT2D eigenvalue weighted by Crippen LogP contribution is 2.38. The number of hydrogen-bond acceptors (Lipinski definition) is 2. The number of halogens is 1. The van der Waals surface area contributed by atoms with Crippen LogP contribution in [0.1, 0.15) is 29.9 Å². The van der Waals surface area contributed by atoms with Crippen LogP contribution in [0.15, 0.2) is 16.6 Å². The summed E-state index contributed by atoms with van der Waals surface area (Å²) in [5.74, 6) is 0.936. The highest BCUT2D eigenvalue weighted by molar-refractivity contribution is 9.10. The smallest absolute Gasteiger partial charge is 0.133 e. The first-order valence-electron chi connectivity index (χ1n) is 5.39. The molecule has 82 valence electrons. The van der Waals surface area contributed by atoms with Crippen LogP contribution < -0.4 is 5.32 Å². The highest BCUT2D eigenvalue weighted by atomic mass is 79.9.